The van der Waals surface area contributed by atoms with E-state index in [1.54, 1.807) is 0 Å². The Hall–Kier alpha value is -5.60. The molecule has 0 N–H and O–H groups in total. The van der Waals surface area contributed by atoms with E-state index in [1.165, 1.54) is 78.3 Å². The number of benzene rings is 7. The van der Waals surface area contributed by atoms with E-state index >= 15 is 0 Å². The zero-order valence-corrected chi connectivity index (χ0v) is 33.5. The first kappa shape index (κ1) is 35.1. The predicted octanol–water partition coefficient (Wildman–Crippen LogP) is 14.5. The van der Waals surface area contributed by atoms with Gasteiger partial charge in [-0.25, -0.2) is 0 Å². The summed E-state index contributed by atoms with van der Waals surface area (Å²) in [7, 11) is 0. The molecule has 7 aromatic carbocycles. The molecule has 1 aliphatic heterocycles. The van der Waals surface area contributed by atoms with Crippen molar-refractivity contribution in [2.45, 2.75) is 78.2 Å². The molecular formula is C53H51N2. The topological polar surface area (TPSA) is 6.48 Å². The van der Waals surface area contributed by atoms with Crippen molar-refractivity contribution >= 4 is 33.5 Å². The maximum Gasteiger partial charge on any atom is 0.124 e. The van der Waals surface area contributed by atoms with E-state index in [0.29, 0.717) is 11.8 Å². The molecule has 1 aliphatic carbocycles. The molecule has 2 aliphatic rings. The Morgan fingerprint density at radius 3 is 1.76 bits per heavy atom. The maximum absolute atomic E-state index is 2.67. The molecule has 0 atom stereocenters. The fourth-order valence-corrected chi connectivity index (χ4v) is 9.64. The Labute approximate surface area is 328 Å². The molecule has 0 saturated heterocycles. The summed E-state index contributed by atoms with van der Waals surface area (Å²) in [6, 6.07) is 58.1. The molecule has 1 heterocycles. The van der Waals surface area contributed by atoms with Gasteiger partial charge in [-0.1, -0.05) is 163 Å². The molecule has 0 aromatic heterocycles. The van der Waals surface area contributed by atoms with E-state index in [2.05, 4.69) is 217 Å². The molecular weight excluding hydrogens is 665 g/mol. The third-order valence-corrected chi connectivity index (χ3v) is 12.4. The Bertz CT molecular complexity index is 2540. The molecule has 2 nitrogen and oxygen atoms in total. The van der Waals surface area contributed by atoms with Gasteiger partial charge in [0.1, 0.15) is 6.04 Å². The third-order valence-electron chi connectivity index (χ3n) is 12.4. The first-order valence-corrected chi connectivity index (χ1v) is 20.0. The normalized spacial score (nSPS) is 15.4. The van der Waals surface area contributed by atoms with Crippen LogP contribution in [0, 0.1) is 6.04 Å². The lowest BCUT2D eigenvalue weighted by Gasteiger charge is -2.42. The van der Waals surface area contributed by atoms with Crippen molar-refractivity contribution in [3.05, 3.63) is 197 Å². The molecule has 0 spiro atoms. The maximum atomic E-state index is 2.67. The van der Waals surface area contributed by atoms with Crippen LogP contribution in [0.4, 0.5) is 22.7 Å². The van der Waals surface area contributed by atoms with Gasteiger partial charge in [0.2, 0.25) is 0 Å². The predicted molar refractivity (Wildman–Crippen MR) is 234 cm³/mol. The van der Waals surface area contributed by atoms with Gasteiger partial charge in [-0.05, 0) is 111 Å². The molecule has 1 radical (unpaired) electrons. The second kappa shape index (κ2) is 13.0. The summed E-state index contributed by atoms with van der Waals surface area (Å²) in [5.41, 5.74) is 16.6. The van der Waals surface area contributed by atoms with Crippen molar-refractivity contribution in [3.63, 3.8) is 0 Å². The van der Waals surface area contributed by atoms with Gasteiger partial charge in [0.25, 0.3) is 0 Å². The highest BCUT2D eigenvalue weighted by Gasteiger charge is 2.47. The largest absolute Gasteiger partial charge is 0.345 e. The lowest BCUT2D eigenvalue weighted by Crippen LogP contribution is -2.40. The van der Waals surface area contributed by atoms with Crippen molar-refractivity contribution in [1.29, 1.82) is 0 Å². The van der Waals surface area contributed by atoms with Crippen LogP contribution in [-0.2, 0) is 11.0 Å². The summed E-state index contributed by atoms with van der Waals surface area (Å²) in [5, 5.41) is 2.46. The Balaban J connectivity index is 1.22. The van der Waals surface area contributed by atoms with Gasteiger partial charge in [0, 0.05) is 27.9 Å². The molecule has 55 heavy (non-hydrogen) atoms. The fourth-order valence-electron chi connectivity index (χ4n) is 9.64. The molecule has 0 bridgehead atoms. The lowest BCUT2D eigenvalue weighted by atomic mass is 9.82. The van der Waals surface area contributed by atoms with Crippen LogP contribution < -0.4 is 9.80 Å². The van der Waals surface area contributed by atoms with Crippen LogP contribution >= 0.6 is 0 Å². The van der Waals surface area contributed by atoms with Gasteiger partial charge in [0.15, 0.2) is 0 Å². The highest BCUT2D eigenvalue weighted by Crippen LogP contribution is 2.55. The first-order valence-electron chi connectivity index (χ1n) is 20.0. The zero-order valence-electron chi connectivity index (χ0n) is 33.5. The van der Waals surface area contributed by atoms with Gasteiger partial charge < -0.3 is 9.80 Å². The number of hydrogen-bond acceptors (Lipinski definition) is 2. The minimum atomic E-state index is -0.247. The number of para-hydroxylation sites is 1. The molecule has 0 unspecified atom stereocenters. The van der Waals surface area contributed by atoms with Crippen molar-refractivity contribution < 1.29 is 0 Å². The van der Waals surface area contributed by atoms with Crippen LogP contribution in [0.1, 0.15) is 106 Å². The highest BCUT2D eigenvalue weighted by molar-refractivity contribution is 5.99. The molecule has 0 fully saturated rings. The standard InChI is InChI=1S/C53H51N2/c1-34(2)40-22-16-23-41(35(3)4)51(40)55-50(44-21-12-14-25-48(44)53(55,7)8)37-27-29-38(30-28-37)54(49-26-15-18-36-17-9-10-19-42(36)49)39-31-32-47-45(33-39)43-20-11-13-24-46(43)52(47,5)6/h9-35H,1-8H3. The number of hydrogen-bond donors (Lipinski definition) is 0. The van der Waals surface area contributed by atoms with Crippen molar-refractivity contribution in [2.75, 3.05) is 9.80 Å². The summed E-state index contributed by atoms with van der Waals surface area (Å²) < 4.78 is 0. The first-order chi connectivity index (χ1) is 26.5. The molecule has 7 aromatic rings. The monoisotopic (exact) mass is 715 g/mol. The van der Waals surface area contributed by atoms with E-state index in [-0.39, 0.29) is 11.0 Å². The molecule has 273 valence electrons. The minimum absolute atomic E-state index is 0.0472. The van der Waals surface area contributed by atoms with Crippen LogP contribution in [0.2, 0.25) is 0 Å². The number of anilines is 4. The quantitative estimate of drug-likeness (QED) is 0.162. The minimum Gasteiger partial charge on any atom is -0.345 e. The molecule has 2 heteroatoms. The van der Waals surface area contributed by atoms with E-state index < -0.39 is 0 Å². The highest BCUT2D eigenvalue weighted by atomic mass is 15.3. The van der Waals surface area contributed by atoms with Gasteiger partial charge >= 0.3 is 0 Å². The van der Waals surface area contributed by atoms with Gasteiger partial charge in [-0.2, -0.15) is 0 Å². The lowest BCUT2D eigenvalue weighted by molar-refractivity contribution is 0.529. The van der Waals surface area contributed by atoms with E-state index in [1.807, 2.05) is 0 Å². The van der Waals surface area contributed by atoms with Crippen LogP contribution in [0.5, 0.6) is 0 Å². The van der Waals surface area contributed by atoms with Gasteiger partial charge in [0.05, 0.1) is 11.2 Å². The second-order valence-corrected chi connectivity index (χ2v) is 17.2. The average molecular weight is 716 g/mol. The Morgan fingerprint density at radius 2 is 1.05 bits per heavy atom. The number of rotatable bonds is 7. The van der Waals surface area contributed by atoms with Crippen molar-refractivity contribution in [3.8, 4) is 11.1 Å². The average Bonchev–Trinajstić information content (AvgIpc) is 3.57. The van der Waals surface area contributed by atoms with E-state index in [9.17, 15) is 0 Å². The zero-order chi connectivity index (χ0) is 38.2. The second-order valence-electron chi connectivity index (χ2n) is 17.2. The van der Waals surface area contributed by atoms with Crippen LogP contribution in [-0.4, -0.2) is 0 Å². The fraction of sp³-hybridized carbons (Fsp3) is 0.226. The summed E-state index contributed by atoms with van der Waals surface area (Å²) in [4.78, 5) is 5.12. The van der Waals surface area contributed by atoms with E-state index in [4.69, 9.17) is 0 Å². The number of nitrogens with zero attached hydrogens (tertiary/aromatic N) is 2. The van der Waals surface area contributed by atoms with Crippen molar-refractivity contribution in [1.82, 2.24) is 0 Å². The third kappa shape index (κ3) is 5.44. The summed E-state index contributed by atoms with van der Waals surface area (Å²) in [6.45, 7) is 18.8. The number of fused-ring (bicyclic) bond motifs is 5. The van der Waals surface area contributed by atoms with Gasteiger partial charge in [-0.15, -0.1) is 0 Å². The summed E-state index contributed by atoms with van der Waals surface area (Å²) in [5.74, 6) is 0.770. The van der Waals surface area contributed by atoms with E-state index in [0.717, 1.165) is 11.4 Å². The summed E-state index contributed by atoms with van der Waals surface area (Å²) >= 11 is 0. The van der Waals surface area contributed by atoms with Crippen LogP contribution in [0.3, 0.4) is 0 Å². The Morgan fingerprint density at radius 1 is 0.491 bits per heavy atom. The molecule has 9 rings (SSSR count). The van der Waals surface area contributed by atoms with Crippen LogP contribution in [0.25, 0.3) is 21.9 Å². The smallest absolute Gasteiger partial charge is 0.124 e. The SMILES string of the molecule is CC(C)c1cccc(C(C)C)c1N1[C](c2ccc(N(c3ccc4c(c3)-c3ccccc3C4(C)C)c3cccc4ccccc34)cc2)c2ccccc2C1(C)C. The molecule has 0 saturated carbocycles. The van der Waals surface area contributed by atoms with Crippen LogP contribution in [0.15, 0.2) is 152 Å². The Kier molecular flexibility index (Phi) is 8.31. The molecule has 0 amide bonds. The van der Waals surface area contributed by atoms with Gasteiger partial charge in [-0.3, -0.25) is 0 Å². The van der Waals surface area contributed by atoms with Crippen molar-refractivity contribution in [2.24, 2.45) is 0 Å². The summed E-state index contributed by atoms with van der Waals surface area (Å²) in [6.07, 6.45) is 0.